The second-order valence-corrected chi connectivity index (χ2v) is 3.46. The molecule has 2 N–H and O–H groups in total. The van der Waals surface area contributed by atoms with Crippen molar-refractivity contribution in [2.45, 2.75) is 32.7 Å². The smallest absolute Gasteiger partial charge is 0.326 e. The average Bonchev–Trinajstić information content (AvgIpc) is 2.54. The van der Waals surface area contributed by atoms with Gasteiger partial charge < -0.3 is 10.4 Å². The molecule has 0 spiro atoms. The van der Waals surface area contributed by atoms with Gasteiger partial charge in [-0.3, -0.25) is 4.68 Å². The van der Waals surface area contributed by atoms with Gasteiger partial charge in [-0.05, 0) is 12.8 Å². The minimum atomic E-state index is -0.830. The maximum Gasteiger partial charge on any atom is 0.326 e. The van der Waals surface area contributed by atoms with Crippen LogP contribution in [0, 0.1) is 0 Å². The number of nitrogens with zero attached hydrogens (tertiary/aromatic N) is 2. The van der Waals surface area contributed by atoms with Gasteiger partial charge in [-0.2, -0.15) is 5.10 Å². The number of hydrogen-bond acceptors (Lipinski definition) is 3. The summed E-state index contributed by atoms with van der Waals surface area (Å²) in [7, 11) is 1.83. The number of anilines is 1. The van der Waals surface area contributed by atoms with Gasteiger partial charge in [0, 0.05) is 13.2 Å². The maximum absolute atomic E-state index is 10.9. The fourth-order valence-corrected chi connectivity index (χ4v) is 1.44. The van der Waals surface area contributed by atoms with Gasteiger partial charge in [0.15, 0.2) is 0 Å². The number of carbonyl (C=O) groups is 1. The topological polar surface area (TPSA) is 67.2 Å². The number of aliphatic carboxylic acids is 1. The number of rotatable bonds is 5. The number of carboxylic acids is 1. The Morgan fingerprint density at radius 3 is 2.80 bits per heavy atom. The minimum Gasteiger partial charge on any atom is -0.480 e. The first-order valence-electron chi connectivity index (χ1n) is 5.10. The van der Waals surface area contributed by atoms with Crippen LogP contribution >= 0.6 is 0 Å². The average molecular weight is 211 g/mol. The minimum absolute atomic E-state index is 0.542. The van der Waals surface area contributed by atoms with Crippen molar-refractivity contribution in [1.82, 2.24) is 9.78 Å². The van der Waals surface area contributed by atoms with Crippen LogP contribution in [0.15, 0.2) is 6.20 Å². The summed E-state index contributed by atoms with van der Waals surface area (Å²) in [6.45, 7) is 3.84. The van der Waals surface area contributed by atoms with E-state index in [0.29, 0.717) is 6.42 Å². The number of nitrogens with one attached hydrogen (secondary N) is 1. The van der Waals surface area contributed by atoms with Crippen LogP contribution in [-0.4, -0.2) is 26.9 Å². The third-order valence-corrected chi connectivity index (χ3v) is 2.28. The molecule has 1 atom stereocenters. The molecule has 84 valence electrons. The lowest BCUT2D eigenvalue weighted by atomic mass is 10.2. The number of aromatic nitrogens is 2. The molecule has 1 rings (SSSR count). The molecule has 15 heavy (non-hydrogen) atoms. The van der Waals surface area contributed by atoms with E-state index in [0.717, 1.165) is 17.8 Å². The second kappa shape index (κ2) is 4.82. The Morgan fingerprint density at radius 1 is 1.67 bits per heavy atom. The van der Waals surface area contributed by atoms with E-state index in [1.165, 1.54) is 0 Å². The van der Waals surface area contributed by atoms with Crippen molar-refractivity contribution < 1.29 is 9.90 Å². The molecule has 0 aromatic carbocycles. The van der Waals surface area contributed by atoms with Gasteiger partial charge in [0.25, 0.3) is 0 Å². The number of carboxylic acid groups (broad SMARTS) is 1. The van der Waals surface area contributed by atoms with Crippen LogP contribution in [0.4, 0.5) is 5.69 Å². The highest BCUT2D eigenvalue weighted by atomic mass is 16.4. The van der Waals surface area contributed by atoms with Gasteiger partial charge >= 0.3 is 5.97 Å². The van der Waals surface area contributed by atoms with Crippen LogP contribution in [-0.2, 0) is 18.3 Å². The maximum atomic E-state index is 10.9. The van der Waals surface area contributed by atoms with E-state index in [4.69, 9.17) is 5.11 Å². The van der Waals surface area contributed by atoms with Crippen LogP contribution in [0.25, 0.3) is 0 Å². The molecule has 0 saturated heterocycles. The summed E-state index contributed by atoms with van der Waals surface area (Å²) in [6.07, 6.45) is 3.15. The molecule has 0 aliphatic rings. The molecule has 1 aromatic heterocycles. The summed E-state index contributed by atoms with van der Waals surface area (Å²) >= 11 is 0. The third-order valence-electron chi connectivity index (χ3n) is 2.28. The molecule has 0 bridgehead atoms. The van der Waals surface area contributed by atoms with Gasteiger partial charge in [0.1, 0.15) is 6.04 Å². The Kier molecular flexibility index (Phi) is 3.71. The molecule has 0 aliphatic carbocycles. The molecule has 0 amide bonds. The monoisotopic (exact) mass is 211 g/mol. The zero-order valence-corrected chi connectivity index (χ0v) is 9.32. The largest absolute Gasteiger partial charge is 0.480 e. The molecule has 0 radical (unpaired) electrons. The molecule has 0 fully saturated rings. The standard InChI is InChI=1S/C10H17N3O2/c1-4-7-9(6-13(3)12-7)11-8(5-2)10(14)15/h6,8,11H,4-5H2,1-3H3,(H,14,15). The first-order valence-corrected chi connectivity index (χ1v) is 5.10. The number of hydrogen-bond donors (Lipinski definition) is 2. The molecule has 5 heteroatoms. The Labute approximate surface area is 89.1 Å². The van der Waals surface area contributed by atoms with Crippen LogP contribution in [0.3, 0.4) is 0 Å². The van der Waals surface area contributed by atoms with E-state index in [2.05, 4.69) is 10.4 Å². The van der Waals surface area contributed by atoms with Gasteiger partial charge in [-0.25, -0.2) is 4.79 Å². The van der Waals surface area contributed by atoms with Crippen LogP contribution in [0.1, 0.15) is 26.0 Å². The molecule has 0 saturated carbocycles. The van der Waals surface area contributed by atoms with Crippen molar-refractivity contribution in [3.8, 4) is 0 Å². The summed E-state index contributed by atoms with van der Waals surface area (Å²) < 4.78 is 1.69. The Bertz CT molecular complexity index is 346. The van der Waals surface area contributed by atoms with E-state index in [1.54, 1.807) is 4.68 Å². The molecule has 1 aromatic rings. The third kappa shape index (κ3) is 2.71. The fourth-order valence-electron chi connectivity index (χ4n) is 1.44. The summed E-state index contributed by atoms with van der Waals surface area (Å²) in [5, 5.41) is 16.1. The number of aryl methyl sites for hydroxylation is 2. The lowest BCUT2D eigenvalue weighted by molar-refractivity contribution is -0.137. The highest BCUT2D eigenvalue weighted by Crippen LogP contribution is 2.15. The zero-order valence-electron chi connectivity index (χ0n) is 9.32. The molecule has 0 aliphatic heterocycles. The summed E-state index contributed by atoms with van der Waals surface area (Å²) in [4.78, 5) is 10.9. The van der Waals surface area contributed by atoms with E-state index < -0.39 is 12.0 Å². The van der Waals surface area contributed by atoms with Crippen molar-refractivity contribution in [3.63, 3.8) is 0 Å². The SMILES string of the molecule is CCc1nn(C)cc1NC(CC)C(=O)O. The van der Waals surface area contributed by atoms with Gasteiger partial charge in [0.2, 0.25) is 0 Å². The van der Waals surface area contributed by atoms with E-state index in [9.17, 15) is 4.79 Å². The first kappa shape index (κ1) is 11.6. The van der Waals surface area contributed by atoms with Gasteiger partial charge in [-0.1, -0.05) is 13.8 Å². The van der Waals surface area contributed by atoms with Crippen molar-refractivity contribution >= 4 is 11.7 Å². The highest BCUT2D eigenvalue weighted by Gasteiger charge is 2.16. The normalized spacial score (nSPS) is 12.5. The Hall–Kier alpha value is -1.52. The van der Waals surface area contributed by atoms with Crippen molar-refractivity contribution in [2.24, 2.45) is 7.05 Å². The molecule has 1 unspecified atom stereocenters. The van der Waals surface area contributed by atoms with Crippen molar-refractivity contribution in [1.29, 1.82) is 0 Å². The molecular weight excluding hydrogens is 194 g/mol. The summed E-state index contributed by atoms with van der Waals surface area (Å²) in [5.41, 5.74) is 1.71. The van der Waals surface area contributed by atoms with Crippen LogP contribution < -0.4 is 5.32 Å². The van der Waals surface area contributed by atoms with E-state index >= 15 is 0 Å². The van der Waals surface area contributed by atoms with E-state index in [1.807, 2.05) is 27.1 Å². The highest BCUT2D eigenvalue weighted by molar-refractivity contribution is 5.77. The predicted molar refractivity (Wildman–Crippen MR) is 57.9 cm³/mol. The molecule has 5 nitrogen and oxygen atoms in total. The zero-order chi connectivity index (χ0) is 11.4. The summed E-state index contributed by atoms with van der Waals surface area (Å²) in [5.74, 6) is -0.830. The van der Waals surface area contributed by atoms with Gasteiger partial charge in [0.05, 0.1) is 11.4 Å². The Morgan fingerprint density at radius 2 is 2.33 bits per heavy atom. The van der Waals surface area contributed by atoms with E-state index in [-0.39, 0.29) is 0 Å². The summed E-state index contributed by atoms with van der Waals surface area (Å²) in [6, 6.07) is -0.542. The Balaban J connectivity index is 2.82. The fraction of sp³-hybridized carbons (Fsp3) is 0.600. The molecule has 1 heterocycles. The van der Waals surface area contributed by atoms with Crippen LogP contribution in [0.5, 0.6) is 0 Å². The second-order valence-electron chi connectivity index (χ2n) is 3.46. The van der Waals surface area contributed by atoms with Crippen molar-refractivity contribution in [3.05, 3.63) is 11.9 Å². The van der Waals surface area contributed by atoms with Crippen LogP contribution in [0.2, 0.25) is 0 Å². The van der Waals surface area contributed by atoms with Gasteiger partial charge in [-0.15, -0.1) is 0 Å². The quantitative estimate of drug-likeness (QED) is 0.769. The predicted octanol–water partition coefficient (Wildman–Crippen LogP) is 1.26. The lowest BCUT2D eigenvalue weighted by Crippen LogP contribution is -2.28. The molecular formula is C10H17N3O2. The first-order chi connectivity index (χ1) is 7.08. The lowest BCUT2D eigenvalue weighted by Gasteiger charge is -2.12. The van der Waals surface area contributed by atoms with Crippen molar-refractivity contribution in [2.75, 3.05) is 5.32 Å².